The van der Waals surface area contributed by atoms with Crippen molar-refractivity contribution >= 4 is 5.91 Å². The fraction of sp³-hybridized carbons (Fsp3) is 0.261. The van der Waals surface area contributed by atoms with Gasteiger partial charge in [-0.25, -0.2) is 4.39 Å². The Labute approximate surface area is 189 Å². The van der Waals surface area contributed by atoms with Crippen LogP contribution in [0, 0.1) is 12.7 Å². The third-order valence-electron chi connectivity index (χ3n) is 5.64. The van der Waals surface area contributed by atoms with Crippen molar-refractivity contribution in [3.8, 4) is 11.4 Å². The van der Waals surface area contributed by atoms with E-state index in [0.29, 0.717) is 48.7 Å². The molecule has 1 saturated heterocycles. The fourth-order valence-corrected chi connectivity index (χ4v) is 4.02. The van der Waals surface area contributed by atoms with E-state index in [1.165, 1.54) is 15.7 Å². The summed E-state index contributed by atoms with van der Waals surface area (Å²) in [4.78, 5) is 18.3. The van der Waals surface area contributed by atoms with E-state index < -0.39 is 0 Å². The zero-order valence-corrected chi connectivity index (χ0v) is 18.0. The lowest BCUT2D eigenvalue weighted by atomic mass is 10.0. The van der Waals surface area contributed by atoms with Crippen LogP contribution in [0.25, 0.3) is 11.4 Å². The molecule has 9 nitrogen and oxygen atoms in total. The Morgan fingerprint density at radius 1 is 1.03 bits per heavy atom. The number of morpholine rings is 1. The number of nitrogens with zero attached hydrogens (tertiary/aromatic N) is 7. The predicted molar refractivity (Wildman–Crippen MR) is 117 cm³/mol. The number of amides is 1. The number of hydrogen-bond donors (Lipinski definition) is 0. The Hall–Kier alpha value is -3.92. The largest absolute Gasteiger partial charge is 0.377 e. The second-order valence-corrected chi connectivity index (χ2v) is 7.86. The molecule has 2 aromatic heterocycles. The molecule has 0 spiro atoms. The second kappa shape index (κ2) is 8.91. The molecular formula is C23H22FN7O2. The summed E-state index contributed by atoms with van der Waals surface area (Å²) < 4.78 is 20.4. The minimum atomic E-state index is -0.347. The Balaban J connectivity index is 1.45. The maximum atomic E-state index is 14.7. The molecule has 2 aromatic carbocycles. The van der Waals surface area contributed by atoms with Gasteiger partial charge >= 0.3 is 0 Å². The monoisotopic (exact) mass is 447 g/mol. The van der Waals surface area contributed by atoms with Gasteiger partial charge in [-0.15, -0.1) is 0 Å². The fourth-order valence-electron chi connectivity index (χ4n) is 4.02. The van der Waals surface area contributed by atoms with Crippen LogP contribution >= 0.6 is 0 Å². The molecule has 168 valence electrons. The third-order valence-corrected chi connectivity index (χ3v) is 5.64. The Morgan fingerprint density at radius 3 is 2.52 bits per heavy atom. The van der Waals surface area contributed by atoms with Crippen LogP contribution in [0.3, 0.4) is 0 Å². The standard InChI is InChI=1S/C23H22FN7O2/c1-16-2-4-20(22(12-16)31-27-8-9-28-31)23(32)29-10-11-33-15-19(29)14-17-13-18(3-5-21(17)24)30-25-6-7-26-30/h2-9,12-13,19H,10-11,14-15H2,1H3/t19-/m1/s1. The molecular weight excluding hydrogens is 425 g/mol. The lowest BCUT2D eigenvalue weighted by molar-refractivity contribution is -0.00185. The van der Waals surface area contributed by atoms with E-state index in [1.807, 2.05) is 19.1 Å². The Morgan fingerprint density at radius 2 is 1.76 bits per heavy atom. The number of ether oxygens (including phenoxy) is 1. The van der Waals surface area contributed by atoms with Gasteiger partial charge in [0.15, 0.2) is 0 Å². The molecule has 1 atom stereocenters. The van der Waals surface area contributed by atoms with Crippen molar-refractivity contribution in [1.82, 2.24) is 34.9 Å². The van der Waals surface area contributed by atoms with Gasteiger partial charge in [-0.1, -0.05) is 6.07 Å². The minimum absolute atomic E-state index is 0.166. The normalized spacial score (nSPS) is 16.2. The van der Waals surface area contributed by atoms with Gasteiger partial charge in [0.25, 0.3) is 5.91 Å². The van der Waals surface area contributed by atoms with E-state index in [4.69, 9.17) is 4.74 Å². The first kappa shape index (κ1) is 21.0. The number of benzene rings is 2. The topological polar surface area (TPSA) is 91.0 Å². The maximum absolute atomic E-state index is 14.7. The summed E-state index contributed by atoms with van der Waals surface area (Å²) in [5.74, 6) is -0.512. The van der Waals surface area contributed by atoms with Crippen LogP contribution in [-0.2, 0) is 11.2 Å². The van der Waals surface area contributed by atoms with Crippen molar-refractivity contribution in [1.29, 1.82) is 0 Å². The van der Waals surface area contributed by atoms with Crippen LogP contribution < -0.4 is 0 Å². The molecule has 0 radical (unpaired) electrons. The van der Waals surface area contributed by atoms with Gasteiger partial charge in [-0.3, -0.25) is 4.79 Å². The highest BCUT2D eigenvalue weighted by atomic mass is 19.1. The molecule has 33 heavy (non-hydrogen) atoms. The summed E-state index contributed by atoms with van der Waals surface area (Å²) >= 11 is 0. The van der Waals surface area contributed by atoms with E-state index >= 15 is 0 Å². The van der Waals surface area contributed by atoms with Crippen LogP contribution in [-0.4, -0.2) is 66.6 Å². The number of aryl methyl sites for hydroxylation is 1. The first-order valence-electron chi connectivity index (χ1n) is 10.6. The lowest BCUT2D eigenvalue weighted by Gasteiger charge is -2.36. The van der Waals surface area contributed by atoms with Crippen LogP contribution in [0.1, 0.15) is 21.5 Å². The summed E-state index contributed by atoms with van der Waals surface area (Å²) in [7, 11) is 0. The Kier molecular flexibility index (Phi) is 5.66. The summed E-state index contributed by atoms with van der Waals surface area (Å²) in [5.41, 5.74) is 3.20. The Bertz CT molecular complexity index is 1260. The van der Waals surface area contributed by atoms with Crippen molar-refractivity contribution < 1.29 is 13.9 Å². The van der Waals surface area contributed by atoms with E-state index in [1.54, 1.807) is 47.9 Å². The number of carbonyl (C=O) groups excluding carboxylic acids is 1. The molecule has 0 aliphatic carbocycles. The van der Waals surface area contributed by atoms with Gasteiger partial charge in [-0.05, 0) is 54.8 Å². The highest BCUT2D eigenvalue weighted by Crippen LogP contribution is 2.23. The number of carbonyl (C=O) groups is 1. The molecule has 3 heterocycles. The zero-order chi connectivity index (χ0) is 22.8. The maximum Gasteiger partial charge on any atom is 0.256 e. The highest BCUT2D eigenvalue weighted by molar-refractivity contribution is 5.98. The number of halogens is 1. The molecule has 1 aliphatic heterocycles. The smallest absolute Gasteiger partial charge is 0.256 e. The van der Waals surface area contributed by atoms with Crippen LogP contribution in [0.5, 0.6) is 0 Å². The van der Waals surface area contributed by atoms with Gasteiger partial charge in [0.05, 0.1) is 61.0 Å². The summed E-state index contributed by atoms with van der Waals surface area (Å²) in [6.45, 7) is 3.09. The minimum Gasteiger partial charge on any atom is -0.377 e. The van der Waals surface area contributed by atoms with Gasteiger partial charge in [0.2, 0.25) is 0 Å². The van der Waals surface area contributed by atoms with E-state index in [-0.39, 0.29) is 17.8 Å². The van der Waals surface area contributed by atoms with Gasteiger partial charge in [-0.2, -0.15) is 30.0 Å². The summed E-state index contributed by atoms with van der Waals surface area (Å²) in [5, 5.41) is 16.6. The first-order valence-corrected chi connectivity index (χ1v) is 10.6. The SMILES string of the molecule is Cc1ccc(C(=O)N2CCOC[C@H]2Cc2cc(-n3nccn3)ccc2F)c(-n2nccn2)c1. The van der Waals surface area contributed by atoms with Crippen LogP contribution in [0.2, 0.25) is 0 Å². The first-order chi connectivity index (χ1) is 16.1. The average Bonchev–Trinajstić information content (AvgIpc) is 3.55. The van der Waals surface area contributed by atoms with Gasteiger partial charge in [0, 0.05) is 6.54 Å². The van der Waals surface area contributed by atoms with Crippen LogP contribution in [0.15, 0.2) is 61.2 Å². The summed E-state index contributed by atoms with van der Waals surface area (Å²) in [6, 6.07) is 9.94. The number of aromatic nitrogens is 6. The molecule has 0 bridgehead atoms. The molecule has 0 unspecified atom stereocenters. The molecule has 0 N–H and O–H groups in total. The van der Waals surface area contributed by atoms with Crippen LogP contribution in [0.4, 0.5) is 4.39 Å². The zero-order valence-electron chi connectivity index (χ0n) is 18.0. The summed E-state index contributed by atoms with van der Waals surface area (Å²) in [6.07, 6.45) is 6.56. The average molecular weight is 447 g/mol. The van der Waals surface area contributed by atoms with Crippen molar-refractivity contribution in [2.75, 3.05) is 19.8 Å². The predicted octanol–water partition coefficient (Wildman–Crippen LogP) is 2.38. The van der Waals surface area contributed by atoms with Crippen molar-refractivity contribution in [3.63, 3.8) is 0 Å². The second-order valence-electron chi connectivity index (χ2n) is 7.86. The van der Waals surface area contributed by atoms with Gasteiger partial charge < -0.3 is 9.64 Å². The van der Waals surface area contributed by atoms with E-state index in [9.17, 15) is 9.18 Å². The van der Waals surface area contributed by atoms with E-state index in [0.717, 1.165) is 5.56 Å². The molecule has 1 aliphatic rings. The molecule has 4 aromatic rings. The van der Waals surface area contributed by atoms with Gasteiger partial charge in [0.1, 0.15) is 5.82 Å². The van der Waals surface area contributed by atoms with E-state index in [2.05, 4.69) is 20.4 Å². The number of rotatable bonds is 5. The lowest BCUT2D eigenvalue weighted by Crippen LogP contribution is -2.50. The quantitative estimate of drug-likeness (QED) is 0.467. The molecule has 5 rings (SSSR count). The molecule has 0 saturated carbocycles. The van der Waals surface area contributed by atoms with Crippen molar-refractivity contribution in [2.24, 2.45) is 0 Å². The molecule has 10 heteroatoms. The number of hydrogen-bond acceptors (Lipinski definition) is 6. The molecule has 1 amide bonds. The van der Waals surface area contributed by atoms with Crippen molar-refractivity contribution in [2.45, 2.75) is 19.4 Å². The van der Waals surface area contributed by atoms with Crippen molar-refractivity contribution in [3.05, 3.63) is 83.7 Å². The third kappa shape index (κ3) is 4.24. The molecule has 1 fully saturated rings. The highest BCUT2D eigenvalue weighted by Gasteiger charge is 2.31.